The van der Waals surface area contributed by atoms with Gasteiger partial charge in [0.25, 0.3) is 0 Å². The van der Waals surface area contributed by atoms with E-state index >= 15 is 0 Å². The number of rotatable bonds is 5. The van der Waals surface area contributed by atoms with Gasteiger partial charge in [0, 0.05) is 18.7 Å². The molecule has 2 rings (SSSR count). The van der Waals surface area contributed by atoms with E-state index in [4.69, 9.17) is 15.1 Å². The van der Waals surface area contributed by atoms with Crippen molar-refractivity contribution in [2.24, 2.45) is 5.92 Å². The Kier molecular flexibility index (Phi) is 4.97. The quantitative estimate of drug-likeness (QED) is 0.887. The summed E-state index contributed by atoms with van der Waals surface area (Å²) in [4.78, 5) is 12.8. The second-order valence-electron chi connectivity index (χ2n) is 4.99. The molecule has 1 saturated heterocycles. The Bertz CT molecular complexity index is 510. The van der Waals surface area contributed by atoms with Gasteiger partial charge in [0.2, 0.25) is 0 Å². The van der Waals surface area contributed by atoms with Gasteiger partial charge in [-0.2, -0.15) is 5.26 Å². The third-order valence-electron chi connectivity index (χ3n) is 3.41. The molecule has 1 atom stereocenters. The summed E-state index contributed by atoms with van der Waals surface area (Å²) < 4.78 is 5.30. The molecule has 20 heavy (non-hydrogen) atoms. The van der Waals surface area contributed by atoms with Gasteiger partial charge in [-0.1, -0.05) is 18.2 Å². The average molecular weight is 274 g/mol. The first kappa shape index (κ1) is 14.4. The lowest BCUT2D eigenvalue weighted by Gasteiger charge is -2.29. The Hall–Kier alpha value is -2.06. The highest BCUT2D eigenvalue weighted by Crippen LogP contribution is 2.23. The van der Waals surface area contributed by atoms with E-state index in [0.717, 1.165) is 31.5 Å². The van der Waals surface area contributed by atoms with Crippen LogP contribution < -0.4 is 4.74 Å². The molecule has 0 bridgehead atoms. The molecule has 0 amide bonds. The molecule has 1 heterocycles. The van der Waals surface area contributed by atoms with Crippen LogP contribution in [0.5, 0.6) is 5.75 Å². The van der Waals surface area contributed by atoms with Gasteiger partial charge in [-0.15, -0.1) is 0 Å². The largest absolute Gasteiger partial charge is 0.482 e. The van der Waals surface area contributed by atoms with Crippen molar-refractivity contribution < 1.29 is 14.6 Å². The fourth-order valence-corrected chi connectivity index (χ4v) is 2.46. The molecule has 0 radical (unpaired) electrons. The molecule has 1 aromatic carbocycles. The third kappa shape index (κ3) is 3.97. The van der Waals surface area contributed by atoms with Crippen LogP contribution in [0.1, 0.15) is 18.4 Å². The van der Waals surface area contributed by atoms with E-state index in [9.17, 15) is 4.79 Å². The van der Waals surface area contributed by atoms with Crippen molar-refractivity contribution in [1.82, 2.24) is 4.90 Å². The normalized spacial score (nSPS) is 19.2. The first-order valence-electron chi connectivity index (χ1n) is 6.73. The molecular weight excluding hydrogens is 256 g/mol. The number of benzene rings is 1. The fraction of sp³-hybridized carbons (Fsp3) is 0.467. The highest BCUT2D eigenvalue weighted by atomic mass is 16.5. The number of carbonyl (C=O) groups is 1. The van der Waals surface area contributed by atoms with Gasteiger partial charge < -0.3 is 9.84 Å². The summed E-state index contributed by atoms with van der Waals surface area (Å²) >= 11 is 0. The molecule has 0 aliphatic carbocycles. The van der Waals surface area contributed by atoms with Crippen molar-refractivity contribution in [3.8, 4) is 11.8 Å². The highest BCUT2D eigenvalue weighted by molar-refractivity contribution is 5.68. The molecule has 1 aliphatic heterocycles. The number of ether oxygens (including phenoxy) is 1. The molecule has 0 aromatic heterocycles. The number of nitriles is 1. The Balaban J connectivity index is 2.01. The number of hydrogen-bond acceptors (Lipinski definition) is 4. The number of nitrogens with zero attached hydrogens (tertiary/aromatic N) is 2. The monoisotopic (exact) mass is 274 g/mol. The van der Waals surface area contributed by atoms with Gasteiger partial charge in [0.15, 0.2) is 6.61 Å². The number of aliphatic carboxylic acids is 1. The van der Waals surface area contributed by atoms with Crippen LogP contribution in [-0.2, 0) is 11.3 Å². The molecule has 0 saturated carbocycles. The van der Waals surface area contributed by atoms with E-state index < -0.39 is 5.97 Å². The third-order valence-corrected chi connectivity index (χ3v) is 3.41. The SMILES string of the molecule is N#C[C@H]1CCCN(Cc2ccccc2OCC(=O)O)C1. The van der Waals surface area contributed by atoms with E-state index in [1.54, 1.807) is 6.07 Å². The van der Waals surface area contributed by atoms with Crippen molar-refractivity contribution >= 4 is 5.97 Å². The second kappa shape index (κ2) is 6.92. The average Bonchev–Trinajstić information content (AvgIpc) is 2.46. The maximum Gasteiger partial charge on any atom is 0.341 e. The van der Waals surface area contributed by atoms with Crippen LogP contribution in [0.25, 0.3) is 0 Å². The van der Waals surface area contributed by atoms with Crippen LogP contribution >= 0.6 is 0 Å². The van der Waals surface area contributed by atoms with Crippen LogP contribution in [0, 0.1) is 17.2 Å². The van der Waals surface area contributed by atoms with E-state index in [1.165, 1.54) is 0 Å². The van der Waals surface area contributed by atoms with Gasteiger partial charge in [-0.05, 0) is 25.5 Å². The van der Waals surface area contributed by atoms with Crippen LogP contribution in [-0.4, -0.2) is 35.7 Å². The Morgan fingerprint density at radius 2 is 2.30 bits per heavy atom. The van der Waals surface area contributed by atoms with Crippen LogP contribution in [0.15, 0.2) is 24.3 Å². The molecule has 1 fully saturated rings. The number of carboxylic acids is 1. The first-order valence-corrected chi connectivity index (χ1v) is 6.73. The predicted molar refractivity (Wildman–Crippen MR) is 73.2 cm³/mol. The van der Waals surface area contributed by atoms with Crippen molar-refractivity contribution in [2.45, 2.75) is 19.4 Å². The van der Waals surface area contributed by atoms with Crippen molar-refractivity contribution in [1.29, 1.82) is 5.26 Å². The lowest BCUT2D eigenvalue weighted by molar-refractivity contribution is -0.139. The minimum atomic E-state index is -0.984. The number of piperidine rings is 1. The Morgan fingerprint density at radius 3 is 3.05 bits per heavy atom. The number of hydrogen-bond donors (Lipinski definition) is 1. The fourth-order valence-electron chi connectivity index (χ4n) is 2.46. The predicted octanol–water partition coefficient (Wildman–Crippen LogP) is 1.89. The summed E-state index contributed by atoms with van der Waals surface area (Å²) in [6, 6.07) is 9.78. The topological polar surface area (TPSA) is 73.6 Å². The Labute approximate surface area is 118 Å². The Morgan fingerprint density at radius 1 is 1.50 bits per heavy atom. The smallest absolute Gasteiger partial charge is 0.341 e. The van der Waals surface area contributed by atoms with E-state index in [2.05, 4.69) is 11.0 Å². The van der Waals surface area contributed by atoms with Crippen molar-refractivity contribution in [3.63, 3.8) is 0 Å². The molecule has 1 N–H and O–H groups in total. The zero-order valence-electron chi connectivity index (χ0n) is 11.3. The summed E-state index contributed by atoms with van der Waals surface area (Å²) in [6.07, 6.45) is 1.99. The van der Waals surface area contributed by atoms with Crippen molar-refractivity contribution in [2.75, 3.05) is 19.7 Å². The van der Waals surface area contributed by atoms with Gasteiger partial charge in [0.05, 0.1) is 12.0 Å². The number of carboxylic acid groups (broad SMARTS) is 1. The summed E-state index contributed by atoms with van der Waals surface area (Å²) in [5, 5.41) is 17.7. The van der Waals surface area contributed by atoms with Crippen LogP contribution in [0.2, 0.25) is 0 Å². The minimum absolute atomic E-state index is 0.0934. The van der Waals surface area contributed by atoms with Crippen LogP contribution in [0.4, 0.5) is 0 Å². The van der Waals surface area contributed by atoms with Gasteiger partial charge in [-0.25, -0.2) is 4.79 Å². The minimum Gasteiger partial charge on any atom is -0.482 e. The first-order chi connectivity index (χ1) is 9.69. The zero-order chi connectivity index (χ0) is 14.4. The lowest BCUT2D eigenvalue weighted by atomic mass is 9.99. The maximum atomic E-state index is 10.6. The molecule has 106 valence electrons. The summed E-state index contributed by atoms with van der Waals surface area (Å²) in [6.45, 7) is 2.08. The molecule has 1 aliphatic rings. The zero-order valence-corrected chi connectivity index (χ0v) is 11.3. The van der Waals surface area contributed by atoms with Gasteiger partial charge >= 0.3 is 5.97 Å². The van der Waals surface area contributed by atoms with Gasteiger partial charge in [-0.3, -0.25) is 4.90 Å². The number of likely N-dealkylation sites (tertiary alicyclic amines) is 1. The molecule has 1 aromatic rings. The number of para-hydroxylation sites is 1. The van der Waals surface area contributed by atoms with Crippen LogP contribution in [0.3, 0.4) is 0 Å². The van der Waals surface area contributed by atoms with E-state index in [0.29, 0.717) is 12.3 Å². The van der Waals surface area contributed by atoms with Gasteiger partial charge in [0.1, 0.15) is 5.75 Å². The highest BCUT2D eigenvalue weighted by Gasteiger charge is 2.20. The lowest BCUT2D eigenvalue weighted by Crippen LogP contribution is -2.34. The van der Waals surface area contributed by atoms with E-state index in [-0.39, 0.29) is 12.5 Å². The summed E-state index contributed by atoms with van der Waals surface area (Å²) in [7, 11) is 0. The molecule has 5 heteroatoms. The molecule has 0 unspecified atom stereocenters. The molecule has 5 nitrogen and oxygen atoms in total. The maximum absolute atomic E-state index is 10.6. The molecular formula is C15H18N2O3. The van der Waals surface area contributed by atoms with Crippen molar-refractivity contribution in [3.05, 3.63) is 29.8 Å². The van der Waals surface area contributed by atoms with E-state index in [1.807, 2.05) is 18.2 Å². The standard InChI is InChI=1S/C15H18N2O3/c16-8-12-4-3-7-17(9-12)10-13-5-1-2-6-14(13)20-11-15(18)19/h1-2,5-6,12H,3-4,7,9-11H2,(H,18,19)/t12-/m1/s1. The summed E-state index contributed by atoms with van der Waals surface area (Å²) in [5.74, 6) is -0.285. The second-order valence-corrected chi connectivity index (χ2v) is 4.99. The molecule has 0 spiro atoms. The summed E-state index contributed by atoms with van der Waals surface area (Å²) in [5.41, 5.74) is 0.965.